The van der Waals surface area contributed by atoms with Crippen molar-refractivity contribution in [3.8, 4) is 0 Å². The van der Waals surface area contributed by atoms with Gasteiger partial charge in [-0.15, -0.1) is 0 Å². The number of aromatic amines is 1. The first-order valence-corrected chi connectivity index (χ1v) is 11.4. The molecule has 178 valence electrons. The fraction of sp³-hybridized carbons (Fsp3) is 0.542. The Hall–Kier alpha value is -2.84. The van der Waals surface area contributed by atoms with Crippen LogP contribution >= 0.6 is 0 Å². The van der Waals surface area contributed by atoms with E-state index in [-0.39, 0.29) is 23.7 Å². The van der Waals surface area contributed by atoms with Crippen LogP contribution in [0, 0.1) is 5.92 Å². The first-order valence-electron chi connectivity index (χ1n) is 11.4. The maximum Gasteiger partial charge on any atom is 0.416 e. The minimum Gasteiger partial charge on any atom is -0.338 e. The largest absolute Gasteiger partial charge is 0.416 e. The monoisotopic (exact) mass is 462 g/mol. The molecule has 2 aliphatic heterocycles. The van der Waals surface area contributed by atoms with Crippen molar-refractivity contribution in [1.29, 1.82) is 0 Å². The standard InChI is InChI=1S/C24H29F3N4O2/c1-15(2)13-21(32)31-12-9-20-18(14-31)22(29-28-20)23(33)30-10-7-16(8-11-30)17-5-3-4-6-19(17)24(25,26)27/h3-6,15-16H,7-14H2,1-2H3,(H,28,29). The average molecular weight is 463 g/mol. The van der Waals surface area contributed by atoms with E-state index < -0.39 is 11.7 Å². The van der Waals surface area contributed by atoms with Gasteiger partial charge >= 0.3 is 6.18 Å². The van der Waals surface area contributed by atoms with Gasteiger partial charge in [0.25, 0.3) is 5.91 Å². The van der Waals surface area contributed by atoms with E-state index in [4.69, 9.17) is 0 Å². The van der Waals surface area contributed by atoms with Gasteiger partial charge in [0.1, 0.15) is 0 Å². The highest BCUT2D eigenvalue weighted by Crippen LogP contribution is 2.39. The molecule has 1 aromatic carbocycles. The normalized spacial score (nSPS) is 17.4. The van der Waals surface area contributed by atoms with Crippen LogP contribution in [-0.2, 0) is 23.9 Å². The van der Waals surface area contributed by atoms with Gasteiger partial charge in [-0.3, -0.25) is 14.7 Å². The molecule has 9 heteroatoms. The van der Waals surface area contributed by atoms with E-state index >= 15 is 0 Å². The molecule has 2 aromatic rings. The lowest BCUT2D eigenvalue weighted by molar-refractivity contribution is -0.138. The Bertz CT molecular complexity index is 1020. The predicted molar refractivity (Wildman–Crippen MR) is 116 cm³/mol. The van der Waals surface area contributed by atoms with Gasteiger partial charge in [-0.2, -0.15) is 18.3 Å². The number of carbonyl (C=O) groups excluding carboxylic acids is 2. The van der Waals surface area contributed by atoms with Crippen molar-refractivity contribution >= 4 is 11.8 Å². The van der Waals surface area contributed by atoms with Crippen molar-refractivity contribution in [2.75, 3.05) is 19.6 Å². The van der Waals surface area contributed by atoms with Crippen LogP contribution in [0.1, 0.15) is 71.9 Å². The van der Waals surface area contributed by atoms with Gasteiger partial charge in [0, 0.05) is 50.3 Å². The van der Waals surface area contributed by atoms with Crippen LogP contribution < -0.4 is 0 Å². The molecule has 0 atom stereocenters. The Morgan fingerprint density at radius 2 is 1.82 bits per heavy atom. The topological polar surface area (TPSA) is 69.3 Å². The molecule has 0 radical (unpaired) electrons. The number of amides is 2. The second kappa shape index (κ2) is 9.19. The number of rotatable bonds is 4. The summed E-state index contributed by atoms with van der Waals surface area (Å²) >= 11 is 0. The van der Waals surface area contributed by atoms with E-state index in [1.807, 2.05) is 13.8 Å². The number of hydrogen-bond donors (Lipinski definition) is 1. The second-order valence-electron chi connectivity index (χ2n) is 9.34. The number of likely N-dealkylation sites (tertiary alicyclic amines) is 1. The Labute approximate surface area is 191 Å². The lowest BCUT2D eigenvalue weighted by Gasteiger charge is -2.33. The molecule has 2 aliphatic rings. The number of nitrogens with one attached hydrogen (secondary N) is 1. The van der Waals surface area contributed by atoms with E-state index in [0.717, 1.165) is 17.3 Å². The maximum atomic E-state index is 13.4. The van der Waals surface area contributed by atoms with Crippen LogP contribution in [0.15, 0.2) is 24.3 Å². The third kappa shape index (κ3) is 4.91. The number of H-pyrrole nitrogens is 1. The Morgan fingerprint density at radius 3 is 2.48 bits per heavy atom. The summed E-state index contributed by atoms with van der Waals surface area (Å²) in [5, 5.41) is 7.19. The zero-order chi connectivity index (χ0) is 23.8. The zero-order valence-electron chi connectivity index (χ0n) is 18.9. The van der Waals surface area contributed by atoms with Gasteiger partial charge in [-0.05, 0) is 36.3 Å². The van der Waals surface area contributed by atoms with Gasteiger partial charge in [0.2, 0.25) is 5.91 Å². The third-order valence-corrected chi connectivity index (χ3v) is 6.56. The molecular formula is C24H29F3N4O2. The van der Waals surface area contributed by atoms with E-state index in [9.17, 15) is 22.8 Å². The number of fused-ring (bicyclic) bond motifs is 1. The zero-order valence-corrected chi connectivity index (χ0v) is 18.9. The molecule has 33 heavy (non-hydrogen) atoms. The molecule has 0 saturated carbocycles. The lowest BCUT2D eigenvalue weighted by Crippen LogP contribution is -2.40. The SMILES string of the molecule is CC(C)CC(=O)N1CCc2[nH]nc(C(=O)N3CCC(c4ccccc4C(F)(F)F)CC3)c2C1. The summed E-state index contributed by atoms with van der Waals surface area (Å²) in [5.74, 6) is -0.148. The van der Waals surface area contributed by atoms with Crippen LogP contribution in [0.2, 0.25) is 0 Å². The summed E-state index contributed by atoms with van der Waals surface area (Å²) in [4.78, 5) is 29.2. The van der Waals surface area contributed by atoms with Crippen molar-refractivity contribution in [2.45, 2.75) is 58.2 Å². The number of nitrogens with zero attached hydrogens (tertiary/aromatic N) is 3. The number of carbonyl (C=O) groups is 2. The summed E-state index contributed by atoms with van der Waals surface area (Å²) in [7, 11) is 0. The number of piperidine rings is 1. The second-order valence-corrected chi connectivity index (χ2v) is 9.34. The first-order chi connectivity index (χ1) is 15.6. The highest BCUT2D eigenvalue weighted by molar-refractivity contribution is 5.94. The Balaban J connectivity index is 1.44. The van der Waals surface area contributed by atoms with Crippen LogP contribution in [0.5, 0.6) is 0 Å². The molecule has 1 aromatic heterocycles. The molecule has 6 nitrogen and oxygen atoms in total. The first kappa shape index (κ1) is 23.3. The third-order valence-electron chi connectivity index (χ3n) is 6.56. The van der Waals surface area contributed by atoms with E-state index in [2.05, 4.69) is 10.2 Å². The minimum absolute atomic E-state index is 0.0689. The molecule has 3 heterocycles. The van der Waals surface area contributed by atoms with Crippen molar-refractivity contribution in [3.05, 3.63) is 52.3 Å². The summed E-state index contributed by atoms with van der Waals surface area (Å²) < 4.78 is 40.2. The van der Waals surface area contributed by atoms with E-state index in [1.54, 1.807) is 15.9 Å². The number of benzene rings is 1. The molecule has 0 spiro atoms. The average Bonchev–Trinajstić information content (AvgIpc) is 3.21. The molecule has 2 amide bonds. The maximum absolute atomic E-state index is 13.4. The fourth-order valence-electron chi connectivity index (χ4n) is 4.82. The van der Waals surface area contributed by atoms with Crippen LogP contribution in [0.4, 0.5) is 13.2 Å². The molecule has 0 unspecified atom stereocenters. The minimum atomic E-state index is -4.39. The van der Waals surface area contributed by atoms with E-state index in [1.165, 1.54) is 12.1 Å². The Morgan fingerprint density at radius 1 is 1.12 bits per heavy atom. The quantitative estimate of drug-likeness (QED) is 0.733. The van der Waals surface area contributed by atoms with Crippen molar-refractivity contribution in [1.82, 2.24) is 20.0 Å². The van der Waals surface area contributed by atoms with Crippen molar-refractivity contribution < 1.29 is 22.8 Å². The molecule has 4 rings (SSSR count). The Kier molecular flexibility index (Phi) is 6.50. The van der Waals surface area contributed by atoms with Gasteiger partial charge in [0.05, 0.1) is 5.56 Å². The number of halogens is 3. The number of aromatic nitrogens is 2. The molecule has 0 aliphatic carbocycles. The van der Waals surface area contributed by atoms with Gasteiger partial charge in [0.15, 0.2) is 5.69 Å². The smallest absolute Gasteiger partial charge is 0.338 e. The summed E-state index contributed by atoms with van der Waals surface area (Å²) in [6.07, 6.45) is -2.38. The van der Waals surface area contributed by atoms with Crippen molar-refractivity contribution in [3.63, 3.8) is 0 Å². The molecule has 1 saturated heterocycles. The molecule has 1 fully saturated rings. The highest BCUT2D eigenvalue weighted by Gasteiger charge is 2.37. The van der Waals surface area contributed by atoms with Crippen molar-refractivity contribution in [2.24, 2.45) is 5.92 Å². The molecular weight excluding hydrogens is 433 g/mol. The number of hydrogen-bond acceptors (Lipinski definition) is 3. The predicted octanol–water partition coefficient (Wildman–Crippen LogP) is 4.38. The molecule has 1 N–H and O–H groups in total. The summed E-state index contributed by atoms with van der Waals surface area (Å²) in [6, 6.07) is 5.69. The van der Waals surface area contributed by atoms with Gasteiger partial charge in [-0.1, -0.05) is 32.0 Å². The van der Waals surface area contributed by atoms with Gasteiger partial charge in [-0.25, -0.2) is 0 Å². The fourth-order valence-corrected chi connectivity index (χ4v) is 4.82. The summed E-state index contributed by atoms with van der Waals surface area (Å²) in [5.41, 5.74) is 1.66. The molecule has 0 bridgehead atoms. The van der Waals surface area contributed by atoms with Gasteiger partial charge < -0.3 is 9.80 Å². The summed E-state index contributed by atoms with van der Waals surface area (Å²) in [6.45, 7) is 5.68. The number of alkyl halides is 3. The van der Waals surface area contributed by atoms with Crippen LogP contribution in [-0.4, -0.2) is 51.4 Å². The van der Waals surface area contributed by atoms with Crippen LogP contribution in [0.25, 0.3) is 0 Å². The van der Waals surface area contributed by atoms with Crippen LogP contribution in [0.3, 0.4) is 0 Å². The lowest BCUT2D eigenvalue weighted by atomic mass is 9.86. The van der Waals surface area contributed by atoms with E-state index in [0.29, 0.717) is 63.1 Å². The highest BCUT2D eigenvalue weighted by atomic mass is 19.4.